The smallest absolute Gasteiger partial charge is 0.193 e. The van der Waals surface area contributed by atoms with Gasteiger partial charge in [-0.05, 0) is 45.6 Å². The second kappa shape index (κ2) is 12.1. The molecule has 0 aromatic carbocycles. The Hall–Kier alpha value is -0.340. The number of halogens is 1. The van der Waals surface area contributed by atoms with Crippen LogP contribution in [0.5, 0.6) is 0 Å². The SMILES string of the molecule is CN=C(NCCN(C(C)C)C(C)C)N(C)CCc1cccs1.I. The van der Waals surface area contributed by atoms with Crippen LogP contribution in [0.4, 0.5) is 0 Å². The molecule has 4 nitrogen and oxygen atoms in total. The van der Waals surface area contributed by atoms with Gasteiger partial charge in [-0.3, -0.25) is 9.89 Å². The fourth-order valence-electron chi connectivity index (χ4n) is 2.63. The maximum absolute atomic E-state index is 4.39. The number of rotatable bonds is 8. The van der Waals surface area contributed by atoms with Crippen LogP contribution >= 0.6 is 35.3 Å². The first-order valence-electron chi connectivity index (χ1n) is 8.15. The van der Waals surface area contributed by atoms with Crippen molar-refractivity contribution in [3.63, 3.8) is 0 Å². The van der Waals surface area contributed by atoms with E-state index in [2.05, 4.69) is 72.4 Å². The van der Waals surface area contributed by atoms with E-state index in [0.29, 0.717) is 12.1 Å². The van der Waals surface area contributed by atoms with Crippen LogP contribution in [0.25, 0.3) is 0 Å². The van der Waals surface area contributed by atoms with E-state index in [1.807, 2.05) is 18.4 Å². The van der Waals surface area contributed by atoms with Crippen molar-refractivity contribution in [1.82, 2.24) is 15.1 Å². The van der Waals surface area contributed by atoms with E-state index in [0.717, 1.165) is 32.0 Å². The summed E-state index contributed by atoms with van der Waals surface area (Å²) in [6, 6.07) is 5.44. The van der Waals surface area contributed by atoms with Crippen molar-refractivity contribution in [3.8, 4) is 0 Å². The van der Waals surface area contributed by atoms with Crippen molar-refractivity contribution < 1.29 is 0 Å². The molecule has 0 fully saturated rings. The predicted molar refractivity (Wildman–Crippen MR) is 114 cm³/mol. The summed E-state index contributed by atoms with van der Waals surface area (Å²) < 4.78 is 0. The monoisotopic (exact) mass is 452 g/mol. The lowest BCUT2D eigenvalue weighted by atomic mass is 10.2. The fourth-order valence-corrected chi connectivity index (χ4v) is 3.33. The number of aliphatic imine (C=N–C) groups is 1. The van der Waals surface area contributed by atoms with Crippen LogP contribution in [-0.4, -0.2) is 61.6 Å². The highest BCUT2D eigenvalue weighted by molar-refractivity contribution is 14.0. The quantitative estimate of drug-likeness (QED) is 0.372. The van der Waals surface area contributed by atoms with Crippen molar-refractivity contribution in [2.45, 2.75) is 46.2 Å². The summed E-state index contributed by atoms with van der Waals surface area (Å²) in [5.74, 6) is 0.976. The van der Waals surface area contributed by atoms with Gasteiger partial charge in [0.05, 0.1) is 0 Å². The summed E-state index contributed by atoms with van der Waals surface area (Å²) in [6.07, 6.45) is 1.07. The van der Waals surface area contributed by atoms with Crippen LogP contribution in [0.3, 0.4) is 0 Å². The normalized spacial score (nSPS) is 12.0. The Morgan fingerprint density at radius 1 is 1.22 bits per heavy atom. The second-order valence-electron chi connectivity index (χ2n) is 6.15. The molecule has 1 heterocycles. The standard InChI is InChI=1S/C17H32N4S.HI/c1-14(2)21(15(3)4)12-10-19-17(18-5)20(6)11-9-16-8-7-13-22-16;/h7-8,13-15H,9-12H2,1-6H3,(H,18,19);1H. The average Bonchev–Trinajstić information content (AvgIpc) is 2.97. The van der Waals surface area contributed by atoms with Gasteiger partial charge in [-0.25, -0.2) is 0 Å². The van der Waals surface area contributed by atoms with E-state index >= 15 is 0 Å². The van der Waals surface area contributed by atoms with Gasteiger partial charge in [0.1, 0.15) is 0 Å². The highest BCUT2D eigenvalue weighted by atomic mass is 127. The molecule has 0 saturated carbocycles. The molecule has 0 aliphatic carbocycles. The van der Waals surface area contributed by atoms with E-state index in [4.69, 9.17) is 0 Å². The second-order valence-corrected chi connectivity index (χ2v) is 7.18. The zero-order chi connectivity index (χ0) is 16.5. The Balaban J connectivity index is 0.00000484. The molecule has 0 bridgehead atoms. The van der Waals surface area contributed by atoms with Crippen LogP contribution < -0.4 is 5.32 Å². The van der Waals surface area contributed by atoms with Crippen LogP contribution in [0.2, 0.25) is 0 Å². The van der Waals surface area contributed by atoms with Gasteiger partial charge < -0.3 is 10.2 Å². The summed E-state index contributed by atoms with van der Waals surface area (Å²) in [7, 11) is 3.96. The van der Waals surface area contributed by atoms with E-state index in [1.54, 1.807) is 0 Å². The first kappa shape index (κ1) is 22.7. The third-order valence-corrected chi connectivity index (χ3v) is 4.76. The molecule has 0 aliphatic heterocycles. The number of hydrogen-bond acceptors (Lipinski definition) is 3. The molecule has 6 heteroatoms. The van der Waals surface area contributed by atoms with Gasteiger partial charge in [0.2, 0.25) is 0 Å². The van der Waals surface area contributed by atoms with Gasteiger partial charge in [0, 0.05) is 50.7 Å². The van der Waals surface area contributed by atoms with Crippen molar-refractivity contribution in [2.75, 3.05) is 33.7 Å². The zero-order valence-electron chi connectivity index (χ0n) is 15.4. The maximum atomic E-state index is 4.39. The van der Waals surface area contributed by atoms with E-state index in [-0.39, 0.29) is 24.0 Å². The number of likely N-dealkylation sites (N-methyl/N-ethyl adjacent to an activating group) is 1. The van der Waals surface area contributed by atoms with E-state index in [9.17, 15) is 0 Å². The largest absolute Gasteiger partial charge is 0.355 e. The number of thiophene rings is 1. The molecule has 0 atom stereocenters. The average molecular weight is 452 g/mol. The summed E-state index contributed by atoms with van der Waals surface area (Å²) in [4.78, 5) is 10.5. The Morgan fingerprint density at radius 3 is 2.35 bits per heavy atom. The van der Waals surface area contributed by atoms with Crippen molar-refractivity contribution in [3.05, 3.63) is 22.4 Å². The zero-order valence-corrected chi connectivity index (χ0v) is 18.5. The van der Waals surface area contributed by atoms with Gasteiger partial charge in [0.15, 0.2) is 5.96 Å². The Bertz CT molecular complexity index is 424. The summed E-state index contributed by atoms with van der Waals surface area (Å²) in [6.45, 7) is 12.0. The van der Waals surface area contributed by atoms with Crippen LogP contribution in [0.15, 0.2) is 22.5 Å². The maximum Gasteiger partial charge on any atom is 0.193 e. The summed E-state index contributed by atoms with van der Waals surface area (Å²) in [5, 5.41) is 5.61. The highest BCUT2D eigenvalue weighted by Gasteiger charge is 2.13. The lowest BCUT2D eigenvalue weighted by Crippen LogP contribution is -2.46. The summed E-state index contributed by atoms with van der Waals surface area (Å²) >= 11 is 1.82. The Morgan fingerprint density at radius 2 is 1.87 bits per heavy atom. The van der Waals surface area contributed by atoms with Gasteiger partial charge >= 0.3 is 0 Å². The topological polar surface area (TPSA) is 30.9 Å². The molecule has 1 N–H and O–H groups in total. The van der Waals surface area contributed by atoms with Gasteiger partial charge in [0.25, 0.3) is 0 Å². The minimum Gasteiger partial charge on any atom is -0.355 e. The van der Waals surface area contributed by atoms with Crippen LogP contribution in [0, 0.1) is 0 Å². The lowest BCUT2D eigenvalue weighted by Gasteiger charge is -2.31. The molecule has 1 aromatic rings. The van der Waals surface area contributed by atoms with Gasteiger partial charge in [-0.1, -0.05) is 6.07 Å². The van der Waals surface area contributed by atoms with Crippen molar-refractivity contribution in [2.24, 2.45) is 4.99 Å². The lowest BCUT2D eigenvalue weighted by molar-refractivity contribution is 0.178. The van der Waals surface area contributed by atoms with Crippen LogP contribution in [-0.2, 0) is 6.42 Å². The molecule has 0 aliphatic rings. The van der Waals surface area contributed by atoms with E-state index < -0.39 is 0 Å². The minimum absolute atomic E-state index is 0. The molecule has 1 rings (SSSR count). The van der Waals surface area contributed by atoms with Crippen LogP contribution in [0.1, 0.15) is 32.6 Å². The minimum atomic E-state index is 0. The van der Waals surface area contributed by atoms with Gasteiger partial charge in [-0.15, -0.1) is 35.3 Å². The number of nitrogens with one attached hydrogen (secondary N) is 1. The van der Waals surface area contributed by atoms with E-state index in [1.165, 1.54) is 4.88 Å². The number of nitrogens with zero attached hydrogens (tertiary/aromatic N) is 3. The third kappa shape index (κ3) is 8.35. The first-order valence-corrected chi connectivity index (χ1v) is 9.03. The number of hydrogen-bond donors (Lipinski definition) is 1. The Labute approximate surface area is 163 Å². The van der Waals surface area contributed by atoms with Crippen molar-refractivity contribution >= 4 is 41.3 Å². The van der Waals surface area contributed by atoms with Gasteiger partial charge in [-0.2, -0.15) is 0 Å². The molecule has 0 saturated heterocycles. The molecule has 0 radical (unpaired) electrons. The highest BCUT2D eigenvalue weighted by Crippen LogP contribution is 2.09. The molecular weight excluding hydrogens is 419 g/mol. The third-order valence-electron chi connectivity index (χ3n) is 3.83. The molecule has 0 unspecified atom stereocenters. The first-order chi connectivity index (χ1) is 10.5. The molecule has 1 aromatic heterocycles. The fraction of sp³-hybridized carbons (Fsp3) is 0.706. The van der Waals surface area contributed by atoms with Crippen molar-refractivity contribution in [1.29, 1.82) is 0 Å². The molecule has 134 valence electrons. The summed E-state index contributed by atoms with van der Waals surface area (Å²) in [5.41, 5.74) is 0. The predicted octanol–water partition coefficient (Wildman–Crippen LogP) is 3.53. The number of guanidine groups is 1. The molecule has 23 heavy (non-hydrogen) atoms. The molecule has 0 amide bonds. The molecule has 0 spiro atoms. The Kier molecular flexibility index (Phi) is 11.9. The molecular formula is C17H33IN4S.